The van der Waals surface area contributed by atoms with Crippen molar-refractivity contribution in [3.05, 3.63) is 51.4 Å². The average molecular weight is 394 g/mol. The molecule has 1 aromatic heterocycles. The van der Waals surface area contributed by atoms with Crippen LogP contribution in [0.25, 0.3) is 0 Å². The Morgan fingerprint density at radius 1 is 1.41 bits per heavy atom. The molecule has 1 aliphatic rings. The van der Waals surface area contributed by atoms with E-state index in [9.17, 15) is 14.7 Å². The van der Waals surface area contributed by atoms with Crippen LogP contribution in [-0.2, 0) is 11.2 Å². The minimum atomic E-state index is -1.04. The fourth-order valence-electron chi connectivity index (χ4n) is 2.89. The van der Waals surface area contributed by atoms with Crippen molar-refractivity contribution in [1.82, 2.24) is 5.16 Å². The average Bonchev–Trinajstić information content (AvgIpc) is 3.39. The number of carbonyl (C=O) groups is 2. The molecule has 0 bridgehead atoms. The van der Waals surface area contributed by atoms with Gasteiger partial charge < -0.3 is 19.5 Å². The molecule has 1 heterocycles. The SMILES string of the molecule is CCOC(=O)c1noc(C2CC2)c1C(=O)c1ccc(Cl)cc1CC(O)CO. The minimum Gasteiger partial charge on any atom is -0.461 e. The summed E-state index contributed by atoms with van der Waals surface area (Å²) in [6.07, 6.45) is 0.713. The molecule has 0 saturated heterocycles. The van der Waals surface area contributed by atoms with E-state index in [1.807, 2.05) is 0 Å². The predicted octanol–water partition coefficient (Wildman–Crippen LogP) is 2.51. The standard InChI is InChI=1S/C19H20ClNO6/c1-2-26-19(25)16-15(18(27-21-16)10-3-4-10)17(24)14-6-5-12(20)7-11(14)8-13(23)9-22/h5-7,10,13,22-23H,2-4,8-9H2,1H3. The number of nitrogens with zero attached hydrogens (tertiary/aromatic N) is 1. The Morgan fingerprint density at radius 3 is 2.78 bits per heavy atom. The van der Waals surface area contributed by atoms with Crippen molar-refractivity contribution in [1.29, 1.82) is 0 Å². The Labute approximate surface area is 160 Å². The smallest absolute Gasteiger partial charge is 0.361 e. The largest absolute Gasteiger partial charge is 0.461 e. The molecule has 1 saturated carbocycles. The maximum atomic E-state index is 13.3. The molecule has 0 aliphatic heterocycles. The van der Waals surface area contributed by atoms with E-state index < -0.39 is 24.5 Å². The van der Waals surface area contributed by atoms with Crippen molar-refractivity contribution in [3.63, 3.8) is 0 Å². The highest BCUT2D eigenvalue weighted by Gasteiger charge is 2.38. The first-order valence-corrected chi connectivity index (χ1v) is 9.12. The zero-order valence-electron chi connectivity index (χ0n) is 14.8. The van der Waals surface area contributed by atoms with Gasteiger partial charge in [0.25, 0.3) is 0 Å². The highest BCUT2D eigenvalue weighted by atomic mass is 35.5. The van der Waals surface area contributed by atoms with E-state index in [4.69, 9.17) is 26.0 Å². The minimum absolute atomic E-state index is 0.0386. The lowest BCUT2D eigenvalue weighted by atomic mass is 9.93. The lowest BCUT2D eigenvalue weighted by Gasteiger charge is -2.12. The molecule has 1 atom stereocenters. The number of esters is 1. The fraction of sp³-hybridized carbons (Fsp3) is 0.421. The summed E-state index contributed by atoms with van der Waals surface area (Å²) in [7, 11) is 0. The quantitative estimate of drug-likeness (QED) is 0.523. The molecule has 2 N–H and O–H groups in total. The zero-order chi connectivity index (χ0) is 19.6. The number of halogens is 1. The van der Waals surface area contributed by atoms with Gasteiger partial charge in [-0.15, -0.1) is 0 Å². The summed E-state index contributed by atoms with van der Waals surface area (Å²) >= 11 is 6.03. The van der Waals surface area contributed by atoms with Crippen LogP contribution in [0.1, 0.15) is 63.4 Å². The lowest BCUT2D eigenvalue weighted by molar-refractivity contribution is 0.0512. The number of hydrogen-bond acceptors (Lipinski definition) is 7. The number of aliphatic hydroxyl groups excluding tert-OH is 2. The van der Waals surface area contributed by atoms with Crippen molar-refractivity contribution < 1.29 is 29.1 Å². The molecule has 8 heteroatoms. The first-order valence-electron chi connectivity index (χ1n) is 8.75. The molecule has 27 heavy (non-hydrogen) atoms. The maximum absolute atomic E-state index is 13.3. The van der Waals surface area contributed by atoms with Gasteiger partial charge in [-0.25, -0.2) is 4.79 Å². The van der Waals surface area contributed by atoms with Crippen LogP contribution in [0.5, 0.6) is 0 Å². The summed E-state index contributed by atoms with van der Waals surface area (Å²) in [5.74, 6) is -0.731. The van der Waals surface area contributed by atoms with E-state index in [2.05, 4.69) is 5.16 Å². The van der Waals surface area contributed by atoms with Crippen molar-refractivity contribution in [2.24, 2.45) is 0 Å². The second-order valence-corrected chi connectivity index (χ2v) is 6.87. The van der Waals surface area contributed by atoms with Gasteiger partial charge >= 0.3 is 5.97 Å². The monoisotopic (exact) mass is 393 g/mol. The predicted molar refractivity (Wildman–Crippen MR) is 96.1 cm³/mol. The van der Waals surface area contributed by atoms with Crippen LogP contribution in [0.15, 0.2) is 22.7 Å². The number of carbonyl (C=O) groups excluding carboxylic acids is 2. The molecule has 1 unspecified atom stereocenters. The van der Waals surface area contributed by atoms with Crippen molar-refractivity contribution in [2.75, 3.05) is 13.2 Å². The van der Waals surface area contributed by atoms with Gasteiger partial charge in [-0.1, -0.05) is 16.8 Å². The van der Waals surface area contributed by atoms with Crippen molar-refractivity contribution >= 4 is 23.4 Å². The second-order valence-electron chi connectivity index (χ2n) is 6.44. The maximum Gasteiger partial charge on any atom is 0.361 e. The summed E-state index contributed by atoms with van der Waals surface area (Å²) < 4.78 is 10.3. The Kier molecular flexibility index (Phi) is 5.94. The van der Waals surface area contributed by atoms with Crippen LogP contribution in [-0.4, -0.2) is 46.4 Å². The van der Waals surface area contributed by atoms with Gasteiger partial charge in [0, 0.05) is 22.9 Å². The molecule has 0 radical (unpaired) electrons. The second kappa shape index (κ2) is 8.21. The van der Waals surface area contributed by atoms with Gasteiger partial charge in [-0.3, -0.25) is 4.79 Å². The van der Waals surface area contributed by atoms with Crippen molar-refractivity contribution in [2.45, 2.75) is 38.2 Å². The number of aromatic nitrogens is 1. The van der Waals surface area contributed by atoms with Gasteiger partial charge in [0.15, 0.2) is 11.5 Å². The van der Waals surface area contributed by atoms with E-state index in [0.29, 0.717) is 16.3 Å². The van der Waals surface area contributed by atoms with E-state index in [1.165, 1.54) is 6.07 Å². The van der Waals surface area contributed by atoms with E-state index >= 15 is 0 Å². The van der Waals surface area contributed by atoms with Crippen LogP contribution >= 0.6 is 11.6 Å². The number of ether oxygens (including phenoxy) is 1. The summed E-state index contributed by atoms with van der Waals surface area (Å²) in [5, 5.41) is 23.1. The molecular weight excluding hydrogens is 374 g/mol. The molecular formula is C19H20ClNO6. The molecule has 0 spiro atoms. The first-order chi connectivity index (χ1) is 13.0. The Bertz CT molecular complexity index is 858. The van der Waals surface area contributed by atoms with Gasteiger partial charge in [0.2, 0.25) is 5.69 Å². The third-order valence-electron chi connectivity index (χ3n) is 4.34. The third kappa shape index (κ3) is 4.21. The van der Waals surface area contributed by atoms with Gasteiger partial charge in [-0.2, -0.15) is 0 Å². The highest BCUT2D eigenvalue weighted by molar-refractivity contribution is 6.31. The lowest BCUT2D eigenvalue weighted by Crippen LogP contribution is -2.19. The summed E-state index contributed by atoms with van der Waals surface area (Å²) in [6, 6.07) is 4.64. The fourth-order valence-corrected chi connectivity index (χ4v) is 3.09. The molecule has 144 valence electrons. The zero-order valence-corrected chi connectivity index (χ0v) is 15.5. The third-order valence-corrected chi connectivity index (χ3v) is 4.58. The van der Waals surface area contributed by atoms with E-state index in [1.54, 1.807) is 19.1 Å². The molecule has 2 aromatic rings. The van der Waals surface area contributed by atoms with Crippen LogP contribution in [0.2, 0.25) is 5.02 Å². The highest BCUT2D eigenvalue weighted by Crippen LogP contribution is 2.43. The molecule has 1 aromatic carbocycles. The Hall–Kier alpha value is -2.22. The van der Waals surface area contributed by atoms with Gasteiger partial charge in [-0.05, 0) is 43.5 Å². The summed E-state index contributed by atoms with van der Waals surface area (Å²) in [5.41, 5.74) is 0.680. The molecule has 1 fully saturated rings. The van der Waals surface area contributed by atoms with Gasteiger partial charge in [0.1, 0.15) is 5.56 Å². The molecule has 1 aliphatic carbocycles. The Balaban J connectivity index is 2.05. The van der Waals surface area contributed by atoms with Crippen LogP contribution in [0.4, 0.5) is 0 Å². The van der Waals surface area contributed by atoms with Crippen LogP contribution in [0.3, 0.4) is 0 Å². The normalized spacial score (nSPS) is 14.8. The number of aliphatic hydroxyl groups is 2. The Morgan fingerprint density at radius 2 is 2.15 bits per heavy atom. The molecule has 7 nitrogen and oxygen atoms in total. The van der Waals surface area contributed by atoms with Crippen LogP contribution < -0.4 is 0 Å². The van der Waals surface area contributed by atoms with E-state index in [0.717, 1.165) is 12.8 Å². The number of rotatable bonds is 8. The van der Waals surface area contributed by atoms with E-state index in [-0.39, 0.29) is 35.8 Å². The number of hydrogen-bond donors (Lipinski definition) is 2. The summed E-state index contributed by atoms with van der Waals surface area (Å²) in [6.45, 7) is 1.36. The van der Waals surface area contributed by atoms with Gasteiger partial charge in [0.05, 0.1) is 19.3 Å². The topological polar surface area (TPSA) is 110 Å². The summed E-state index contributed by atoms with van der Waals surface area (Å²) in [4.78, 5) is 25.5. The number of ketones is 1. The number of benzene rings is 1. The first kappa shape index (κ1) is 19.5. The van der Waals surface area contributed by atoms with Crippen LogP contribution in [0, 0.1) is 0 Å². The molecule has 3 rings (SSSR count). The van der Waals surface area contributed by atoms with Crippen molar-refractivity contribution in [3.8, 4) is 0 Å². The molecule has 0 amide bonds.